The molecule has 62 heavy (non-hydrogen) atoms. The third-order valence-electron chi connectivity index (χ3n) is 15.5. The molecule has 8 aliphatic carbocycles. The summed E-state index contributed by atoms with van der Waals surface area (Å²) in [5, 5.41) is 24.5. The third kappa shape index (κ3) is 7.35. The summed E-state index contributed by atoms with van der Waals surface area (Å²) in [5.41, 5.74) is 3.93. The quantitative estimate of drug-likeness (QED) is 0.0800. The Morgan fingerprint density at radius 1 is 0.452 bits per heavy atom. The van der Waals surface area contributed by atoms with Gasteiger partial charge in [-0.05, 0) is 153 Å². The van der Waals surface area contributed by atoms with E-state index in [0.717, 1.165) is 49.7 Å². The Kier molecular flexibility index (Phi) is 9.73. The summed E-state index contributed by atoms with van der Waals surface area (Å²) < 4.78 is 26.4. The van der Waals surface area contributed by atoms with E-state index >= 15 is 0 Å². The van der Waals surface area contributed by atoms with Crippen molar-refractivity contribution in [2.75, 3.05) is 0 Å². The van der Waals surface area contributed by atoms with Crippen LogP contribution >= 0.6 is 0 Å². The lowest BCUT2D eigenvalue weighted by Gasteiger charge is -2.58. The fraction of sp³-hybridized carbons (Fsp3) is 0.423. The Hall–Kier alpha value is -5.90. The summed E-state index contributed by atoms with van der Waals surface area (Å²) in [5.74, 6) is 6.74. The first kappa shape index (κ1) is 39.0. The molecule has 0 amide bonds. The fourth-order valence-corrected chi connectivity index (χ4v) is 13.8. The first-order valence-corrected chi connectivity index (χ1v) is 22.6. The lowest BCUT2D eigenvalue weighted by molar-refractivity contribution is -0.386. The van der Waals surface area contributed by atoms with Crippen molar-refractivity contribution >= 4 is 11.4 Å². The van der Waals surface area contributed by atoms with E-state index in [-0.39, 0.29) is 46.9 Å². The van der Waals surface area contributed by atoms with Crippen molar-refractivity contribution in [3.8, 4) is 34.5 Å². The minimum absolute atomic E-state index is 0.0428. The molecule has 8 bridgehead atoms. The molecule has 0 aromatic heterocycles. The molecular weight excluding hydrogens is 781 g/mol. The van der Waals surface area contributed by atoms with E-state index in [1.165, 1.54) is 61.8 Å². The van der Waals surface area contributed by atoms with Crippen LogP contribution in [0.15, 0.2) is 109 Å². The van der Waals surface area contributed by atoms with Gasteiger partial charge in [0.05, 0.1) is 9.85 Å². The Morgan fingerprint density at radius 3 is 1.15 bits per heavy atom. The highest BCUT2D eigenvalue weighted by Gasteiger charge is 2.56. The van der Waals surface area contributed by atoms with Gasteiger partial charge in [0.15, 0.2) is 0 Å². The standard InChI is InChI=1S/C52H52N2O8/c55-53(56)45-13-11-41(21-49(45)59-31-33-7-3-1-4-8-33)61-47-24-48(62-42-12-14-46(54(57)58)50(22-42)60-32-34-9-5-2-6-10-34)44(52-28-38-18-39(29-52)20-40(19-38)30-52)23-43(47)51-25-35-15-36(26-51)17-37(16-35)27-51/h1-14,21-24,35-40H,15-20,25-32H2. The van der Waals surface area contributed by atoms with Crippen LogP contribution in [0.1, 0.15) is 99.3 Å². The van der Waals surface area contributed by atoms with Crippen molar-refractivity contribution < 1.29 is 28.8 Å². The van der Waals surface area contributed by atoms with Crippen molar-refractivity contribution in [3.63, 3.8) is 0 Å². The second kappa shape index (κ2) is 15.5. The maximum atomic E-state index is 12.3. The molecular formula is C52H52N2O8. The van der Waals surface area contributed by atoms with Gasteiger partial charge in [-0.1, -0.05) is 60.7 Å². The molecule has 8 saturated carbocycles. The van der Waals surface area contributed by atoms with E-state index < -0.39 is 9.85 Å². The van der Waals surface area contributed by atoms with Gasteiger partial charge in [-0.2, -0.15) is 0 Å². The van der Waals surface area contributed by atoms with Crippen LogP contribution in [0.5, 0.6) is 34.5 Å². The smallest absolute Gasteiger partial charge is 0.311 e. The number of hydrogen-bond acceptors (Lipinski definition) is 8. The first-order chi connectivity index (χ1) is 30.2. The molecule has 0 unspecified atom stereocenters. The molecule has 5 aromatic rings. The number of nitro groups is 2. The number of nitrogens with zero attached hydrogens (tertiary/aromatic N) is 2. The van der Waals surface area contributed by atoms with Gasteiger partial charge in [0.25, 0.3) is 0 Å². The number of rotatable bonds is 14. The van der Waals surface area contributed by atoms with Gasteiger partial charge < -0.3 is 18.9 Å². The summed E-state index contributed by atoms with van der Waals surface area (Å²) in [6.07, 6.45) is 14.6. The molecule has 10 nitrogen and oxygen atoms in total. The fourth-order valence-electron chi connectivity index (χ4n) is 13.8. The van der Waals surface area contributed by atoms with Crippen LogP contribution in [0.3, 0.4) is 0 Å². The van der Waals surface area contributed by atoms with Gasteiger partial charge in [-0.25, -0.2) is 0 Å². The number of nitro benzene ring substituents is 2. The predicted molar refractivity (Wildman–Crippen MR) is 234 cm³/mol. The molecule has 5 aromatic carbocycles. The highest BCUT2D eigenvalue weighted by Crippen LogP contribution is 2.66. The number of benzene rings is 5. The molecule has 10 heteroatoms. The van der Waals surface area contributed by atoms with Crippen LogP contribution in [-0.2, 0) is 24.0 Å². The maximum Gasteiger partial charge on any atom is 0.311 e. The van der Waals surface area contributed by atoms with Gasteiger partial charge in [0.1, 0.15) is 36.2 Å². The molecule has 0 spiro atoms. The van der Waals surface area contributed by atoms with Gasteiger partial charge in [0.2, 0.25) is 11.5 Å². The van der Waals surface area contributed by atoms with Crippen molar-refractivity contribution in [2.24, 2.45) is 35.5 Å². The molecule has 0 heterocycles. The molecule has 8 aliphatic rings. The highest BCUT2D eigenvalue weighted by molar-refractivity contribution is 5.59. The first-order valence-electron chi connectivity index (χ1n) is 22.6. The minimum Gasteiger partial charge on any atom is -0.482 e. The summed E-state index contributed by atoms with van der Waals surface area (Å²) in [7, 11) is 0. The van der Waals surface area contributed by atoms with Crippen molar-refractivity contribution in [2.45, 2.75) is 101 Å². The minimum atomic E-state index is -0.417. The topological polar surface area (TPSA) is 123 Å². The molecule has 8 fully saturated rings. The van der Waals surface area contributed by atoms with Crippen LogP contribution in [0, 0.1) is 55.7 Å². The Labute approximate surface area is 361 Å². The lowest BCUT2D eigenvalue weighted by atomic mass is 9.46. The molecule has 0 aliphatic heterocycles. The molecule has 0 N–H and O–H groups in total. The second-order valence-electron chi connectivity index (χ2n) is 19.8. The Balaban J connectivity index is 1.03. The molecule has 0 radical (unpaired) electrons. The van der Waals surface area contributed by atoms with Crippen LogP contribution in [0.25, 0.3) is 0 Å². The Bertz CT molecular complexity index is 2280. The van der Waals surface area contributed by atoms with Crippen molar-refractivity contribution in [1.82, 2.24) is 0 Å². The Morgan fingerprint density at radius 2 is 0.806 bits per heavy atom. The van der Waals surface area contributed by atoms with E-state index in [4.69, 9.17) is 18.9 Å². The van der Waals surface area contributed by atoms with E-state index in [2.05, 4.69) is 12.1 Å². The second-order valence-corrected chi connectivity index (χ2v) is 19.8. The maximum absolute atomic E-state index is 12.3. The molecule has 0 saturated heterocycles. The van der Waals surface area contributed by atoms with Gasteiger partial charge in [-0.15, -0.1) is 0 Å². The SMILES string of the molecule is O=[N+]([O-])c1ccc(Oc2cc(Oc3ccc([N+](=O)[O-])c(OCc4ccccc4)c3)c(C34CC5CC(CC(C5)C3)C4)cc2C23CC4CC(CC(C4)C2)C3)cc1OCc1ccccc1. The largest absolute Gasteiger partial charge is 0.482 e. The number of ether oxygens (including phenoxy) is 4. The van der Waals surface area contributed by atoms with Crippen molar-refractivity contribution in [3.05, 3.63) is 152 Å². The van der Waals surface area contributed by atoms with Crippen LogP contribution in [0.2, 0.25) is 0 Å². The van der Waals surface area contributed by atoms with E-state index in [1.54, 1.807) is 24.3 Å². The zero-order valence-electron chi connectivity index (χ0n) is 34.9. The van der Waals surface area contributed by atoms with E-state index in [0.29, 0.717) is 58.5 Å². The van der Waals surface area contributed by atoms with E-state index in [1.807, 2.05) is 60.7 Å². The van der Waals surface area contributed by atoms with Gasteiger partial charge in [-0.3, -0.25) is 20.2 Å². The average Bonchev–Trinajstić information content (AvgIpc) is 3.24. The summed E-state index contributed by atoms with van der Waals surface area (Å²) in [6.45, 7) is 0.349. The van der Waals surface area contributed by atoms with Crippen LogP contribution in [0.4, 0.5) is 11.4 Å². The summed E-state index contributed by atoms with van der Waals surface area (Å²) >= 11 is 0. The van der Waals surface area contributed by atoms with Crippen LogP contribution in [-0.4, -0.2) is 9.85 Å². The van der Waals surface area contributed by atoms with Gasteiger partial charge >= 0.3 is 11.4 Å². The molecule has 318 valence electrons. The predicted octanol–water partition coefficient (Wildman–Crippen LogP) is 13.2. The highest BCUT2D eigenvalue weighted by atomic mass is 16.6. The van der Waals surface area contributed by atoms with Gasteiger partial charge in [0, 0.05) is 41.5 Å². The van der Waals surface area contributed by atoms with Crippen LogP contribution < -0.4 is 18.9 Å². The molecule has 0 atom stereocenters. The zero-order chi connectivity index (χ0) is 42.0. The summed E-state index contributed by atoms with van der Waals surface area (Å²) in [6, 6.07) is 33.3. The molecule has 13 rings (SSSR count). The zero-order valence-corrected chi connectivity index (χ0v) is 34.9. The average molecular weight is 833 g/mol. The normalized spacial score (nSPS) is 28.7. The third-order valence-corrected chi connectivity index (χ3v) is 15.5. The summed E-state index contributed by atoms with van der Waals surface area (Å²) in [4.78, 5) is 23.7. The monoisotopic (exact) mass is 832 g/mol. The van der Waals surface area contributed by atoms with E-state index in [9.17, 15) is 20.2 Å². The van der Waals surface area contributed by atoms with Crippen molar-refractivity contribution in [1.29, 1.82) is 0 Å². The lowest BCUT2D eigenvalue weighted by Crippen LogP contribution is -2.50. The number of hydrogen-bond donors (Lipinski definition) is 0.